The Morgan fingerprint density at radius 2 is 1.40 bits per heavy atom. The highest BCUT2D eigenvalue weighted by atomic mass is 32.2. The van der Waals surface area contributed by atoms with E-state index in [0.717, 1.165) is 0 Å². The van der Waals surface area contributed by atoms with Crippen LogP contribution in [0.25, 0.3) is 0 Å². The number of nitrogens with zero attached hydrogens (tertiary/aromatic N) is 2. The zero-order valence-electron chi connectivity index (χ0n) is 9.76. The average molecular weight is 240 g/mol. The molecule has 0 amide bonds. The molecule has 0 aliphatic rings. The molecule has 0 aliphatic carbocycles. The van der Waals surface area contributed by atoms with Crippen molar-refractivity contribution in [1.29, 1.82) is 0 Å². The molecule has 0 aliphatic heterocycles. The molecule has 0 radical (unpaired) electrons. The third kappa shape index (κ3) is 4.89. The second-order valence-corrected chi connectivity index (χ2v) is 5.32. The molecule has 6 nitrogen and oxygen atoms in total. The summed E-state index contributed by atoms with van der Waals surface area (Å²) in [6, 6.07) is 0. The van der Waals surface area contributed by atoms with Gasteiger partial charge in [0.25, 0.3) is 10.2 Å². The van der Waals surface area contributed by atoms with E-state index in [9.17, 15) is 8.42 Å². The highest BCUT2D eigenvalue weighted by Crippen LogP contribution is 2.03. The Morgan fingerprint density at radius 1 is 1.00 bits per heavy atom. The molecule has 0 heterocycles. The van der Waals surface area contributed by atoms with Crippen LogP contribution in [0.1, 0.15) is 0 Å². The predicted octanol–water partition coefficient (Wildman–Crippen LogP) is -0.612. The second kappa shape index (κ2) is 7.13. The highest BCUT2D eigenvalue weighted by Gasteiger charge is 2.23. The van der Waals surface area contributed by atoms with Gasteiger partial charge < -0.3 is 9.47 Å². The molecule has 92 valence electrons. The van der Waals surface area contributed by atoms with Gasteiger partial charge >= 0.3 is 0 Å². The molecule has 0 aromatic rings. The van der Waals surface area contributed by atoms with Gasteiger partial charge in [0.05, 0.1) is 13.2 Å². The molecule has 0 saturated heterocycles. The first-order valence-electron chi connectivity index (χ1n) is 4.62. The molecular weight excluding hydrogens is 220 g/mol. The third-order valence-corrected chi connectivity index (χ3v) is 3.82. The summed E-state index contributed by atoms with van der Waals surface area (Å²) in [5.41, 5.74) is 0. The van der Waals surface area contributed by atoms with E-state index < -0.39 is 10.2 Å². The lowest BCUT2D eigenvalue weighted by Gasteiger charge is -2.24. The van der Waals surface area contributed by atoms with E-state index in [1.807, 2.05) is 0 Å². The van der Waals surface area contributed by atoms with Crippen LogP contribution in [0.4, 0.5) is 0 Å². The van der Waals surface area contributed by atoms with Crippen molar-refractivity contribution in [2.24, 2.45) is 0 Å². The van der Waals surface area contributed by atoms with E-state index in [2.05, 4.69) is 0 Å². The fourth-order valence-corrected chi connectivity index (χ4v) is 2.03. The van der Waals surface area contributed by atoms with Gasteiger partial charge in [-0.05, 0) is 0 Å². The number of methoxy groups -OCH3 is 2. The fraction of sp³-hybridized carbons (Fsp3) is 1.00. The van der Waals surface area contributed by atoms with Crippen LogP contribution in [0.15, 0.2) is 0 Å². The molecule has 0 N–H and O–H groups in total. The minimum absolute atomic E-state index is 0.334. The third-order valence-electron chi connectivity index (χ3n) is 1.88. The predicted molar refractivity (Wildman–Crippen MR) is 57.9 cm³/mol. The molecule has 0 spiro atoms. The van der Waals surface area contributed by atoms with Crippen LogP contribution in [0.3, 0.4) is 0 Å². The van der Waals surface area contributed by atoms with Crippen LogP contribution in [-0.2, 0) is 19.7 Å². The van der Waals surface area contributed by atoms with E-state index >= 15 is 0 Å². The summed E-state index contributed by atoms with van der Waals surface area (Å²) in [6.07, 6.45) is 0. The van der Waals surface area contributed by atoms with Crippen molar-refractivity contribution >= 4 is 10.2 Å². The first-order chi connectivity index (χ1) is 6.96. The molecule has 0 aromatic heterocycles. The maximum Gasteiger partial charge on any atom is 0.281 e. The summed E-state index contributed by atoms with van der Waals surface area (Å²) in [6.45, 7) is 1.41. The molecule has 0 bridgehead atoms. The number of ether oxygens (including phenoxy) is 2. The number of hydrogen-bond donors (Lipinski definition) is 0. The fourth-order valence-electron chi connectivity index (χ4n) is 0.960. The maximum atomic E-state index is 11.8. The quantitative estimate of drug-likeness (QED) is 0.568. The first-order valence-corrected chi connectivity index (χ1v) is 6.02. The van der Waals surface area contributed by atoms with E-state index in [-0.39, 0.29) is 0 Å². The highest BCUT2D eigenvalue weighted by molar-refractivity contribution is 7.86. The lowest BCUT2D eigenvalue weighted by molar-refractivity contribution is 0.148. The minimum atomic E-state index is -3.38. The Balaban J connectivity index is 4.46. The summed E-state index contributed by atoms with van der Waals surface area (Å²) in [5.74, 6) is 0. The van der Waals surface area contributed by atoms with Crippen molar-refractivity contribution in [2.45, 2.75) is 0 Å². The van der Waals surface area contributed by atoms with Gasteiger partial charge in [-0.25, -0.2) is 0 Å². The van der Waals surface area contributed by atoms with Gasteiger partial charge in [0.1, 0.15) is 0 Å². The van der Waals surface area contributed by atoms with E-state index in [1.165, 1.54) is 36.9 Å². The number of rotatable bonds is 8. The normalized spacial score (nSPS) is 12.7. The van der Waals surface area contributed by atoms with Gasteiger partial charge in [-0.1, -0.05) is 0 Å². The van der Waals surface area contributed by atoms with Crippen molar-refractivity contribution in [3.05, 3.63) is 0 Å². The minimum Gasteiger partial charge on any atom is -0.383 e. The van der Waals surface area contributed by atoms with Crippen LogP contribution in [-0.4, -0.2) is 71.6 Å². The van der Waals surface area contributed by atoms with Gasteiger partial charge in [-0.3, -0.25) is 0 Å². The van der Waals surface area contributed by atoms with Crippen molar-refractivity contribution in [1.82, 2.24) is 8.61 Å². The Labute approximate surface area is 91.9 Å². The SMILES string of the molecule is COCCN(CCOC)S(=O)(=O)N(C)C. The maximum absolute atomic E-state index is 11.8. The zero-order valence-corrected chi connectivity index (χ0v) is 10.6. The summed E-state index contributed by atoms with van der Waals surface area (Å²) >= 11 is 0. The Bertz CT molecular complexity index is 245. The summed E-state index contributed by atoms with van der Waals surface area (Å²) in [4.78, 5) is 0. The van der Waals surface area contributed by atoms with Crippen LogP contribution >= 0.6 is 0 Å². The monoisotopic (exact) mass is 240 g/mol. The summed E-state index contributed by atoms with van der Waals surface area (Å²) in [5, 5.41) is 0. The van der Waals surface area contributed by atoms with Gasteiger partial charge in [0, 0.05) is 41.4 Å². The lowest BCUT2D eigenvalue weighted by atomic mass is 10.6. The van der Waals surface area contributed by atoms with Crippen LogP contribution < -0.4 is 0 Å². The second-order valence-electron chi connectivity index (χ2n) is 3.17. The molecule has 15 heavy (non-hydrogen) atoms. The number of hydrogen-bond acceptors (Lipinski definition) is 4. The van der Waals surface area contributed by atoms with E-state index in [0.29, 0.717) is 26.3 Å². The van der Waals surface area contributed by atoms with Gasteiger partial charge in [0.2, 0.25) is 0 Å². The summed E-state index contributed by atoms with van der Waals surface area (Å²) in [7, 11) is 2.70. The van der Waals surface area contributed by atoms with E-state index in [4.69, 9.17) is 9.47 Å². The molecule has 7 heteroatoms. The molecule has 0 fully saturated rings. The smallest absolute Gasteiger partial charge is 0.281 e. The average Bonchev–Trinajstić information content (AvgIpc) is 2.17. The Kier molecular flexibility index (Phi) is 7.03. The van der Waals surface area contributed by atoms with Crippen LogP contribution in [0.2, 0.25) is 0 Å². The molecule has 0 atom stereocenters. The molecule has 0 aromatic carbocycles. The van der Waals surface area contributed by atoms with E-state index in [1.54, 1.807) is 0 Å². The first kappa shape index (κ1) is 14.8. The zero-order chi connectivity index (χ0) is 11.9. The van der Waals surface area contributed by atoms with Gasteiger partial charge in [-0.2, -0.15) is 17.0 Å². The molecular formula is C8H20N2O4S. The Morgan fingerprint density at radius 3 is 1.67 bits per heavy atom. The van der Waals surface area contributed by atoms with Crippen molar-refractivity contribution in [2.75, 3.05) is 54.6 Å². The van der Waals surface area contributed by atoms with Crippen LogP contribution in [0.5, 0.6) is 0 Å². The van der Waals surface area contributed by atoms with Crippen LogP contribution in [0, 0.1) is 0 Å². The Hall–Kier alpha value is -0.210. The standard InChI is InChI=1S/C8H20N2O4S/c1-9(2)15(11,12)10(5-7-13-3)6-8-14-4/h5-8H2,1-4H3. The van der Waals surface area contributed by atoms with Gasteiger partial charge in [0.15, 0.2) is 0 Å². The molecule has 0 rings (SSSR count). The van der Waals surface area contributed by atoms with Gasteiger partial charge in [-0.15, -0.1) is 0 Å². The summed E-state index contributed by atoms with van der Waals surface area (Å²) < 4.78 is 35.8. The van der Waals surface area contributed by atoms with Crippen molar-refractivity contribution < 1.29 is 17.9 Å². The largest absolute Gasteiger partial charge is 0.383 e. The lowest BCUT2D eigenvalue weighted by Crippen LogP contribution is -2.43. The molecule has 0 saturated carbocycles. The topological polar surface area (TPSA) is 59.1 Å². The van der Waals surface area contributed by atoms with Crippen molar-refractivity contribution in [3.8, 4) is 0 Å². The van der Waals surface area contributed by atoms with Crippen molar-refractivity contribution in [3.63, 3.8) is 0 Å². The molecule has 0 unspecified atom stereocenters.